The summed E-state index contributed by atoms with van der Waals surface area (Å²) in [6.07, 6.45) is -2.89. The number of rotatable bonds is 6. The third-order valence-corrected chi connectivity index (χ3v) is 5.69. The van der Waals surface area contributed by atoms with Crippen molar-refractivity contribution in [3.63, 3.8) is 0 Å². The highest BCUT2D eigenvalue weighted by molar-refractivity contribution is 5.89. The van der Waals surface area contributed by atoms with Crippen molar-refractivity contribution in [3.05, 3.63) is 30.5 Å². The molecule has 2 aliphatic rings. The maximum Gasteiger partial charge on any atom is 0.411 e. The first-order chi connectivity index (χ1) is 16.3. The van der Waals surface area contributed by atoms with Crippen molar-refractivity contribution in [2.45, 2.75) is 31.3 Å². The van der Waals surface area contributed by atoms with Crippen molar-refractivity contribution < 1.29 is 32.5 Å². The smallest absolute Gasteiger partial charge is 0.411 e. The van der Waals surface area contributed by atoms with Gasteiger partial charge in [-0.1, -0.05) is 0 Å². The van der Waals surface area contributed by atoms with E-state index in [-0.39, 0.29) is 36.8 Å². The maximum absolute atomic E-state index is 13.1. The highest BCUT2D eigenvalue weighted by atomic mass is 19.4. The van der Waals surface area contributed by atoms with Crippen LogP contribution in [0.2, 0.25) is 0 Å². The van der Waals surface area contributed by atoms with Crippen molar-refractivity contribution in [2.24, 2.45) is 0 Å². The highest BCUT2D eigenvalue weighted by Gasteiger charge is 2.41. The fourth-order valence-corrected chi connectivity index (χ4v) is 4.23. The van der Waals surface area contributed by atoms with Gasteiger partial charge in [-0.05, 0) is 30.7 Å². The molecule has 0 aliphatic carbocycles. The van der Waals surface area contributed by atoms with E-state index >= 15 is 0 Å². The average molecular weight is 478 g/mol. The molecule has 1 aromatic carbocycles. The number of alkyl halides is 3. The Morgan fingerprint density at radius 1 is 1.26 bits per heavy atom. The lowest BCUT2D eigenvalue weighted by molar-refractivity contribution is -0.141. The van der Waals surface area contributed by atoms with Crippen LogP contribution in [0, 0.1) is 0 Å². The number of nitrogens with zero attached hydrogens (tertiary/aromatic N) is 5. The molecule has 2 N–H and O–H groups in total. The van der Waals surface area contributed by atoms with Crippen LogP contribution < -0.4 is 10.2 Å². The zero-order valence-electron chi connectivity index (χ0n) is 17.8. The van der Waals surface area contributed by atoms with Crippen LogP contribution >= 0.6 is 0 Å². The number of anilines is 2. The molecule has 34 heavy (non-hydrogen) atoms. The molecule has 4 heterocycles. The van der Waals surface area contributed by atoms with Gasteiger partial charge in [-0.15, -0.1) is 0 Å². The lowest BCUT2D eigenvalue weighted by Gasteiger charge is -2.28. The van der Waals surface area contributed by atoms with Gasteiger partial charge in [0.05, 0.1) is 36.9 Å². The second kappa shape index (κ2) is 8.72. The summed E-state index contributed by atoms with van der Waals surface area (Å²) in [6.45, 7) is -0.547. The average Bonchev–Trinajstić information content (AvgIpc) is 3.53. The van der Waals surface area contributed by atoms with E-state index in [2.05, 4.69) is 15.4 Å². The fraction of sp³-hybridized carbons (Fsp3) is 0.429. The summed E-state index contributed by atoms with van der Waals surface area (Å²) in [5.41, 5.74) is 1.08. The zero-order chi connectivity index (χ0) is 23.9. The maximum atomic E-state index is 13.1. The molecule has 2 bridgehead atoms. The minimum atomic E-state index is -4.46. The number of nitrogens with one attached hydrogen (secondary N) is 1. The number of fused-ring (bicyclic) bond motifs is 3. The molecular weight excluding hydrogens is 457 g/mol. The number of ether oxygens (including phenoxy) is 2. The third-order valence-electron chi connectivity index (χ3n) is 5.69. The quantitative estimate of drug-likeness (QED) is 0.556. The summed E-state index contributed by atoms with van der Waals surface area (Å²) in [4.78, 5) is 22.8. The number of carbonyl (C=O) groups is 1. The molecule has 2 saturated heterocycles. The number of aromatic nitrogens is 4. The molecule has 0 saturated carbocycles. The summed E-state index contributed by atoms with van der Waals surface area (Å²) >= 11 is 0. The van der Waals surface area contributed by atoms with Gasteiger partial charge in [0.15, 0.2) is 11.5 Å². The molecule has 2 atom stereocenters. The van der Waals surface area contributed by atoms with Crippen molar-refractivity contribution in [3.8, 4) is 11.4 Å². The standard InChI is InChI=1S/C21H21F3N6O4/c22-21(23,24)11-30-19-16(8-25-30)18(29-9-15-7-14(29)10-34-15)27-17(28-19)12-1-3-13(4-2-12)26-20(32)33-6-5-31/h1-4,8,14-15,31H,5-7,9-11H2,(H,26,32). The van der Waals surface area contributed by atoms with Crippen molar-refractivity contribution in [1.29, 1.82) is 0 Å². The van der Waals surface area contributed by atoms with Gasteiger partial charge < -0.3 is 19.5 Å². The van der Waals surface area contributed by atoms with Gasteiger partial charge in [0.2, 0.25) is 0 Å². The van der Waals surface area contributed by atoms with E-state index in [0.29, 0.717) is 35.6 Å². The SMILES string of the molecule is O=C(Nc1ccc(-c2nc(N3CC4CC3CO4)c3cnn(CC(F)(F)F)c3n2)cc1)OCCO. The van der Waals surface area contributed by atoms with Crippen LogP contribution in [0.25, 0.3) is 22.4 Å². The monoisotopic (exact) mass is 478 g/mol. The van der Waals surface area contributed by atoms with Crippen molar-refractivity contribution in [2.75, 3.05) is 36.6 Å². The van der Waals surface area contributed by atoms with Gasteiger partial charge in [-0.3, -0.25) is 5.32 Å². The van der Waals surface area contributed by atoms with Crippen molar-refractivity contribution >= 4 is 28.6 Å². The van der Waals surface area contributed by atoms with E-state index in [0.717, 1.165) is 11.1 Å². The van der Waals surface area contributed by atoms with Crippen LogP contribution in [-0.4, -0.2) is 75.6 Å². The summed E-state index contributed by atoms with van der Waals surface area (Å²) in [5.74, 6) is 0.767. The highest BCUT2D eigenvalue weighted by Crippen LogP contribution is 2.36. The van der Waals surface area contributed by atoms with Crippen molar-refractivity contribution in [1.82, 2.24) is 19.7 Å². The predicted octanol–water partition coefficient (Wildman–Crippen LogP) is 2.57. The molecule has 3 aromatic rings. The number of halogens is 3. The topological polar surface area (TPSA) is 115 Å². The van der Waals surface area contributed by atoms with E-state index < -0.39 is 18.8 Å². The van der Waals surface area contributed by atoms with Gasteiger partial charge in [0.1, 0.15) is 19.0 Å². The summed E-state index contributed by atoms with van der Waals surface area (Å²) in [5, 5.41) is 15.6. The second-order valence-electron chi connectivity index (χ2n) is 8.08. The number of hydrogen-bond acceptors (Lipinski definition) is 8. The fourth-order valence-electron chi connectivity index (χ4n) is 4.23. The first-order valence-electron chi connectivity index (χ1n) is 10.6. The molecule has 2 unspecified atom stereocenters. The zero-order valence-corrected chi connectivity index (χ0v) is 17.8. The molecule has 5 rings (SSSR count). The van der Waals surface area contributed by atoms with Crippen LogP contribution in [0.1, 0.15) is 6.42 Å². The molecule has 13 heteroatoms. The number of benzene rings is 1. The number of hydrogen-bond donors (Lipinski definition) is 2. The van der Waals surface area contributed by atoms with E-state index in [4.69, 9.17) is 19.6 Å². The Morgan fingerprint density at radius 3 is 2.71 bits per heavy atom. The number of amides is 1. The van der Waals surface area contributed by atoms with Crippen LogP contribution in [-0.2, 0) is 16.0 Å². The Labute approximate surface area is 191 Å². The Balaban J connectivity index is 1.50. The molecule has 2 aromatic heterocycles. The second-order valence-corrected chi connectivity index (χ2v) is 8.08. The normalized spacial score (nSPS) is 19.7. The number of carbonyl (C=O) groups excluding carboxylic acids is 1. The summed E-state index contributed by atoms with van der Waals surface area (Å²) in [6, 6.07) is 6.59. The Hall–Kier alpha value is -3.45. The molecule has 10 nitrogen and oxygen atoms in total. The first kappa shape index (κ1) is 22.3. The van der Waals surface area contributed by atoms with E-state index in [9.17, 15) is 18.0 Å². The van der Waals surface area contributed by atoms with Gasteiger partial charge >= 0.3 is 12.3 Å². The lowest BCUT2D eigenvalue weighted by atomic mass is 10.2. The number of aliphatic hydroxyl groups is 1. The molecular formula is C21H21F3N6O4. The molecule has 1 amide bonds. The van der Waals surface area contributed by atoms with Gasteiger partial charge in [0, 0.05) is 17.8 Å². The van der Waals surface area contributed by atoms with E-state index in [1.807, 2.05) is 4.90 Å². The largest absolute Gasteiger partial charge is 0.447 e. The first-order valence-corrected chi connectivity index (χ1v) is 10.6. The number of aliphatic hydroxyl groups excluding tert-OH is 1. The van der Waals surface area contributed by atoms with Gasteiger partial charge in [-0.25, -0.2) is 19.4 Å². The molecule has 2 aliphatic heterocycles. The minimum Gasteiger partial charge on any atom is -0.447 e. The molecule has 2 fully saturated rings. The van der Waals surface area contributed by atoms with Crippen LogP contribution in [0.15, 0.2) is 30.5 Å². The minimum absolute atomic E-state index is 0.0691. The van der Waals surface area contributed by atoms with Crippen LogP contribution in [0.4, 0.5) is 29.5 Å². The molecule has 0 spiro atoms. The van der Waals surface area contributed by atoms with Gasteiger partial charge in [-0.2, -0.15) is 18.3 Å². The Morgan fingerprint density at radius 2 is 2.06 bits per heavy atom. The Bertz CT molecular complexity index is 1200. The van der Waals surface area contributed by atoms with Gasteiger partial charge in [0.25, 0.3) is 0 Å². The van der Waals surface area contributed by atoms with Crippen LogP contribution in [0.5, 0.6) is 0 Å². The van der Waals surface area contributed by atoms with Crippen LogP contribution in [0.3, 0.4) is 0 Å². The Kier molecular flexibility index (Phi) is 5.73. The summed E-state index contributed by atoms with van der Waals surface area (Å²) < 4.78 is 50.6. The molecule has 180 valence electrons. The summed E-state index contributed by atoms with van der Waals surface area (Å²) in [7, 11) is 0. The van der Waals surface area contributed by atoms with E-state index in [1.54, 1.807) is 24.3 Å². The number of morpholine rings is 1. The lowest BCUT2D eigenvalue weighted by Crippen LogP contribution is -2.37. The molecule has 0 radical (unpaired) electrons. The van der Waals surface area contributed by atoms with E-state index in [1.165, 1.54) is 6.20 Å². The predicted molar refractivity (Wildman–Crippen MR) is 114 cm³/mol. The third kappa shape index (κ3) is 4.48.